The van der Waals surface area contributed by atoms with E-state index >= 15 is 0 Å². The van der Waals surface area contributed by atoms with Crippen molar-refractivity contribution in [1.29, 1.82) is 0 Å². The first-order chi connectivity index (χ1) is 6.63. The molecule has 0 aliphatic carbocycles. The highest BCUT2D eigenvalue weighted by Gasteiger charge is 2.12. The number of carbonyl (C=O) groups is 1. The lowest BCUT2D eigenvalue weighted by molar-refractivity contribution is -0.120. The molecule has 5 nitrogen and oxygen atoms in total. The van der Waals surface area contributed by atoms with Crippen molar-refractivity contribution in [3.63, 3.8) is 0 Å². The van der Waals surface area contributed by atoms with Crippen LogP contribution in [0.4, 0.5) is 0 Å². The van der Waals surface area contributed by atoms with Crippen LogP contribution < -0.4 is 11.1 Å². The van der Waals surface area contributed by atoms with Gasteiger partial charge in [-0.1, -0.05) is 6.92 Å². The van der Waals surface area contributed by atoms with E-state index in [1.807, 2.05) is 13.8 Å². The zero-order valence-electron chi connectivity index (χ0n) is 8.41. The highest BCUT2D eigenvalue weighted by Crippen LogP contribution is 2.01. The molecule has 0 saturated heterocycles. The first-order valence-electron chi connectivity index (χ1n) is 4.57. The van der Waals surface area contributed by atoms with Gasteiger partial charge in [-0.15, -0.1) is 0 Å². The van der Waals surface area contributed by atoms with E-state index in [9.17, 15) is 4.79 Å². The summed E-state index contributed by atoms with van der Waals surface area (Å²) in [4.78, 5) is 14.9. The van der Waals surface area contributed by atoms with Gasteiger partial charge in [0.25, 0.3) is 0 Å². The van der Waals surface area contributed by atoms with Crippen molar-refractivity contribution in [1.82, 2.24) is 10.3 Å². The van der Waals surface area contributed by atoms with Crippen LogP contribution in [0.3, 0.4) is 0 Å². The molecule has 5 heteroatoms. The smallest absolute Gasteiger partial charge is 0.234 e. The van der Waals surface area contributed by atoms with Crippen LogP contribution in [0.1, 0.15) is 25.0 Å². The van der Waals surface area contributed by atoms with Crippen molar-refractivity contribution < 1.29 is 9.21 Å². The van der Waals surface area contributed by atoms with Gasteiger partial charge in [0, 0.05) is 0 Å². The molecule has 1 atom stereocenters. The highest BCUT2D eigenvalue weighted by molar-refractivity contribution is 5.79. The van der Waals surface area contributed by atoms with Crippen molar-refractivity contribution in [3.05, 3.63) is 17.8 Å². The average Bonchev–Trinajstić information content (AvgIpc) is 2.52. The van der Waals surface area contributed by atoms with Crippen LogP contribution in [0.25, 0.3) is 0 Å². The molecule has 1 unspecified atom stereocenters. The standard InChI is InChI=1S/C9H15N3O2/c1-3-7(9(10)13)11-5-8-12-4-6(2)14-8/h4,7,11H,3,5H2,1-2H3,(H2,10,13). The van der Waals surface area contributed by atoms with Crippen molar-refractivity contribution in [2.75, 3.05) is 0 Å². The van der Waals surface area contributed by atoms with Crippen LogP contribution in [0, 0.1) is 6.92 Å². The second-order valence-corrected chi connectivity index (χ2v) is 3.11. The lowest BCUT2D eigenvalue weighted by atomic mass is 10.2. The number of nitrogens with two attached hydrogens (primary N) is 1. The van der Waals surface area contributed by atoms with E-state index in [1.54, 1.807) is 6.20 Å². The number of hydrogen-bond acceptors (Lipinski definition) is 4. The zero-order chi connectivity index (χ0) is 10.6. The first-order valence-corrected chi connectivity index (χ1v) is 4.57. The minimum atomic E-state index is -0.351. The Morgan fingerprint density at radius 3 is 2.93 bits per heavy atom. The fraction of sp³-hybridized carbons (Fsp3) is 0.556. The largest absolute Gasteiger partial charge is 0.445 e. The molecular weight excluding hydrogens is 182 g/mol. The Kier molecular flexibility index (Phi) is 3.64. The molecule has 1 heterocycles. The molecule has 1 aromatic heterocycles. The van der Waals surface area contributed by atoms with Crippen LogP contribution in [0.5, 0.6) is 0 Å². The van der Waals surface area contributed by atoms with Crippen molar-refractivity contribution >= 4 is 5.91 Å². The highest BCUT2D eigenvalue weighted by atomic mass is 16.4. The second kappa shape index (κ2) is 4.76. The molecule has 0 bridgehead atoms. The lowest BCUT2D eigenvalue weighted by Crippen LogP contribution is -2.40. The van der Waals surface area contributed by atoms with E-state index in [0.29, 0.717) is 18.9 Å². The number of oxazole rings is 1. The van der Waals surface area contributed by atoms with Crippen molar-refractivity contribution in [3.8, 4) is 0 Å². The van der Waals surface area contributed by atoms with Gasteiger partial charge in [-0.25, -0.2) is 4.98 Å². The SMILES string of the molecule is CCC(NCc1ncc(C)o1)C(N)=O. The molecule has 0 spiro atoms. The van der Waals surface area contributed by atoms with E-state index in [1.165, 1.54) is 0 Å². The third kappa shape index (κ3) is 2.85. The quantitative estimate of drug-likeness (QED) is 0.713. The number of aryl methyl sites for hydroxylation is 1. The van der Waals surface area contributed by atoms with E-state index in [-0.39, 0.29) is 11.9 Å². The third-order valence-electron chi connectivity index (χ3n) is 1.92. The molecule has 0 aliphatic rings. The number of primary amides is 1. The van der Waals surface area contributed by atoms with Crippen molar-refractivity contribution in [2.24, 2.45) is 5.73 Å². The topological polar surface area (TPSA) is 81.2 Å². The summed E-state index contributed by atoms with van der Waals surface area (Å²) >= 11 is 0. The number of hydrogen-bond donors (Lipinski definition) is 2. The van der Waals surface area contributed by atoms with Crippen LogP contribution in [0.2, 0.25) is 0 Å². The number of carbonyl (C=O) groups excluding carboxylic acids is 1. The van der Waals surface area contributed by atoms with E-state index < -0.39 is 0 Å². The molecule has 78 valence electrons. The van der Waals surface area contributed by atoms with Gasteiger partial charge in [-0.05, 0) is 13.3 Å². The summed E-state index contributed by atoms with van der Waals surface area (Å²) in [6.45, 7) is 4.14. The number of nitrogens with one attached hydrogen (secondary N) is 1. The Hall–Kier alpha value is -1.36. The van der Waals surface area contributed by atoms with Gasteiger partial charge >= 0.3 is 0 Å². The fourth-order valence-corrected chi connectivity index (χ4v) is 1.14. The second-order valence-electron chi connectivity index (χ2n) is 3.11. The molecule has 14 heavy (non-hydrogen) atoms. The van der Waals surface area contributed by atoms with Gasteiger partial charge in [0.05, 0.1) is 18.8 Å². The summed E-state index contributed by atoms with van der Waals surface area (Å²) in [6.07, 6.45) is 2.30. The molecule has 0 aliphatic heterocycles. The zero-order valence-corrected chi connectivity index (χ0v) is 8.41. The van der Waals surface area contributed by atoms with Crippen LogP contribution in [0.15, 0.2) is 10.6 Å². The van der Waals surface area contributed by atoms with Gasteiger partial charge < -0.3 is 10.2 Å². The number of nitrogens with zero attached hydrogens (tertiary/aromatic N) is 1. The molecule has 0 fully saturated rings. The molecule has 1 aromatic rings. The molecule has 3 N–H and O–H groups in total. The molecule has 0 saturated carbocycles. The Labute approximate surface area is 82.7 Å². The van der Waals surface area contributed by atoms with E-state index in [4.69, 9.17) is 10.2 Å². The third-order valence-corrected chi connectivity index (χ3v) is 1.92. The summed E-state index contributed by atoms with van der Waals surface area (Å²) in [5, 5.41) is 2.97. The van der Waals surface area contributed by atoms with Crippen LogP contribution in [-0.2, 0) is 11.3 Å². The number of aromatic nitrogens is 1. The van der Waals surface area contributed by atoms with Crippen molar-refractivity contribution in [2.45, 2.75) is 32.9 Å². The summed E-state index contributed by atoms with van der Waals surface area (Å²) in [5.41, 5.74) is 5.16. The minimum absolute atomic E-state index is 0.317. The Bertz CT molecular complexity index is 309. The Morgan fingerprint density at radius 2 is 2.50 bits per heavy atom. The Morgan fingerprint density at radius 1 is 1.79 bits per heavy atom. The lowest BCUT2D eigenvalue weighted by Gasteiger charge is -2.10. The maximum Gasteiger partial charge on any atom is 0.234 e. The first kappa shape index (κ1) is 10.7. The fourth-order valence-electron chi connectivity index (χ4n) is 1.14. The van der Waals surface area contributed by atoms with Crippen LogP contribution >= 0.6 is 0 Å². The van der Waals surface area contributed by atoms with Crippen LogP contribution in [-0.4, -0.2) is 16.9 Å². The van der Waals surface area contributed by atoms with Gasteiger partial charge in [-0.3, -0.25) is 10.1 Å². The summed E-state index contributed by atoms with van der Waals surface area (Å²) in [6, 6.07) is -0.317. The predicted octanol–water partition coefficient (Wildman–Crippen LogP) is 0.337. The van der Waals surface area contributed by atoms with Gasteiger partial charge in [-0.2, -0.15) is 0 Å². The average molecular weight is 197 g/mol. The monoisotopic (exact) mass is 197 g/mol. The molecule has 0 aromatic carbocycles. The number of amides is 1. The van der Waals surface area contributed by atoms with Gasteiger partial charge in [0.1, 0.15) is 5.76 Å². The minimum Gasteiger partial charge on any atom is -0.445 e. The normalized spacial score (nSPS) is 12.7. The maximum atomic E-state index is 10.9. The molecule has 1 amide bonds. The summed E-state index contributed by atoms with van der Waals surface area (Å²) < 4.78 is 5.23. The van der Waals surface area contributed by atoms with E-state index in [2.05, 4.69) is 10.3 Å². The molecular formula is C9H15N3O2. The van der Waals surface area contributed by atoms with Gasteiger partial charge in [0.2, 0.25) is 11.8 Å². The Balaban J connectivity index is 2.43. The van der Waals surface area contributed by atoms with E-state index in [0.717, 1.165) is 5.76 Å². The molecule has 0 radical (unpaired) electrons. The maximum absolute atomic E-state index is 10.9. The predicted molar refractivity (Wildman–Crippen MR) is 51.4 cm³/mol. The summed E-state index contributed by atoms with van der Waals surface area (Å²) in [5.74, 6) is 0.979. The summed E-state index contributed by atoms with van der Waals surface area (Å²) in [7, 11) is 0. The molecule has 1 rings (SSSR count). The van der Waals surface area contributed by atoms with Gasteiger partial charge in [0.15, 0.2) is 0 Å². The number of rotatable bonds is 5.